The van der Waals surface area contributed by atoms with Gasteiger partial charge in [-0.25, -0.2) is 0 Å². The van der Waals surface area contributed by atoms with E-state index in [4.69, 9.17) is 4.43 Å². The van der Waals surface area contributed by atoms with E-state index in [2.05, 4.69) is 52.9 Å². The van der Waals surface area contributed by atoms with Gasteiger partial charge in [-0.3, -0.25) is 4.79 Å². The molecular weight excluding hydrogens is 366 g/mol. The van der Waals surface area contributed by atoms with Gasteiger partial charge in [-0.15, -0.1) is 0 Å². The average Bonchev–Trinajstić information content (AvgIpc) is 2.57. The predicted molar refractivity (Wildman–Crippen MR) is 121 cm³/mol. The van der Waals surface area contributed by atoms with E-state index in [1.54, 1.807) is 0 Å². The molecule has 3 unspecified atom stereocenters. The molecule has 0 radical (unpaired) electrons. The van der Waals surface area contributed by atoms with Crippen LogP contribution in [0.4, 0.5) is 0 Å². The summed E-state index contributed by atoms with van der Waals surface area (Å²) in [5.74, 6) is 0.256. The van der Waals surface area contributed by atoms with Gasteiger partial charge >= 0.3 is 0 Å². The Labute approximate surface area is 174 Å². The summed E-state index contributed by atoms with van der Waals surface area (Å²) in [6, 6.07) is -0.0687. The molecule has 1 rings (SSSR count). The van der Waals surface area contributed by atoms with Gasteiger partial charge < -0.3 is 14.4 Å². The van der Waals surface area contributed by atoms with Gasteiger partial charge in [0.15, 0.2) is 8.32 Å². The van der Waals surface area contributed by atoms with Gasteiger partial charge in [0.2, 0.25) is 0 Å². The minimum absolute atomic E-state index is 0.00923. The number of allylic oxidation sites excluding steroid dienone is 1. The van der Waals surface area contributed by atoms with Gasteiger partial charge in [-0.1, -0.05) is 64.3 Å². The summed E-state index contributed by atoms with van der Waals surface area (Å²) in [7, 11) is -0.163. The summed E-state index contributed by atoms with van der Waals surface area (Å²) < 4.78 is 6.61. The van der Waals surface area contributed by atoms with E-state index in [9.17, 15) is 9.90 Å². The molecule has 0 aliphatic carbocycles. The number of aliphatic hydroxyl groups is 1. The molecule has 1 amide bonds. The maximum absolute atomic E-state index is 13.5. The number of carbonyl (C=O) groups is 1. The van der Waals surface area contributed by atoms with Crippen LogP contribution in [0.1, 0.15) is 66.7 Å². The Morgan fingerprint density at radius 1 is 1.32 bits per heavy atom. The van der Waals surface area contributed by atoms with Crippen molar-refractivity contribution in [3.05, 3.63) is 23.8 Å². The van der Waals surface area contributed by atoms with Crippen LogP contribution in [-0.4, -0.2) is 50.0 Å². The molecule has 1 heterocycles. The van der Waals surface area contributed by atoms with Crippen molar-refractivity contribution in [2.45, 2.75) is 97.0 Å². The Hall–Kier alpha value is -0.913. The number of hydrogen-bond acceptors (Lipinski definition) is 3. The Morgan fingerprint density at radius 3 is 2.54 bits per heavy atom. The highest BCUT2D eigenvalue weighted by atomic mass is 28.4. The largest absolute Gasteiger partial charge is 0.405 e. The van der Waals surface area contributed by atoms with Crippen molar-refractivity contribution < 1.29 is 14.3 Å². The lowest BCUT2D eigenvalue weighted by Gasteiger charge is -2.41. The predicted octanol–water partition coefficient (Wildman–Crippen LogP) is 5.30. The fourth-order valence-corrected chi connectivity index (χ4v) is 4.94. The van der Waals surface area contributed by atoms with Crippen molar-refractivity contribution in [1.29, 1.82) is 0 Å². The summed E-state index contributed by atoms with van der Waals surface area (Å²) in [4.78, 5) is 15.4. The lowest BCUT2D eigenvalue weighted by Crippen LogP contribution is -2.52. The quantitative estimate of drug-likeness (QED) is 0.506. The van der Waals surface area contributed by atoms with E-state index in [1.165, 1.54) is 0 Å². The monoisotopic (exact) mass is 409 g/mol. The molecule has 0 fully saturated rings. The topological polar surface area (TPSA) is 49.8 Å². The van der Waals surface area contributed by atoms with E-state index in [0.29, 0.717) is 0 Å². The summed E-state index contributed by atoms with van der Waals surface area (Å²) in [5.41, 5.74) is 1.03. The second kappa shape index (κ2) is 10.7. The third kappa shape index (κ3) is 6.85. The van der Waals surface area contributed by atoms with Gasteiger partial charge in [0, 0.05) is 7.05 Å². The van der Waals surface area contributed by atoms with Gasteiger partial charge in [0.1, 0.15) is 6.10 Å². The molecule has 3 atom stereocenters. The third-order valence-electron chi connectivity index (χ3n) is 6.44. The van der Waals surface area contributed by atoms with Crippen LogP contribution in [0, 0.1) is 5.92 Å². The van der Waals surface area contributed by atoms with Crippen LogP contribution in [0.3, 0.4) is 0 Å². The fourth-order valence-electron chi connectivity index (χ4n) is 3.65. The number of aliphatic hydroxyl groups excluding tert-OH is 1. The highest BCUT2D eigenvalue weighted by molar-refractivity contribution is 6.74. The highest BCUT2D eigenvalue weighted by Gasteiger charge is 2.42. The maximum Gasteiger partial charge on any atom is 0.250 e. The Kier molecular flexibility index (Phi) is 9.64. The highest BCUT2D eigenvalue weighted by Crippen LogP contribution is 2.38. The molecule has 0 aromatic carbocycles. The molecular formula is C23H43NO3Si. The number of hydrogen-bond donors (Lipinski definition) is 1. The number of likely N-dealkylation sites (N-methyl/N-ethyl adjacent to an activating group) is 1. The molecule has 0 bridgehead atoms. The molecule has 1 aliphatic rings. The maximum atomic E-state index is 13.5. The zero-order valence-corrected chi connectivity index (χ0v) is 20.4. The van der Waals surface area contributed by atoms with Crippen molar-refractivity contribution in [3.8, 4) is 0 Å². The SMILES string of the molecule is C/C(=C\CO)C1C(C)/C=C\CCCCCC(O[Si](C)(C)C(C)(C)C)C(=O)N1C. The summed E-state index contributed by atoms with van der Waals surface area (Å²) in [6.45, 7) is 15.2. The Morgan fingerprint density at radius 2 is 1.96 bits per heavy atom. The lowest BCUT2D eigenvalue weighted by atomic mass is 9.91. The first-order valence-corrected chi connectivity index (χ1v) is 13.7. The second-order valence-electron chi connectivity index (χ2n) is 9.82. The van der Waals surface area contributed by atoms with Gasteiger partial charge in [-0.05, 0) is 50.2 Å². The molecule has 28 heavy (non-hydrogen) atoms. The fraction of sp³-hybridized carbons (Fsp3) is 0.783. The molecule has 1 N–H and O–H groups in total. The van der Waals surface area contributed by atoms with Gasteiger partial charge in [-0.2, -0.15) is 0 Å². The zero-order valence-electron chi connectivity index (χ0n) is 19.4. The zero-order chi connectivity index (χ0) is 21.5. The first kappa shape index (κ1) is 25.1. The van der Waals surface area contributed by atoms with Gasteiger partial charge in [0.05, 0.1) is 12.6 Å². The lowest BCUT2D eigenvalue weighted by molar-refractivity contribution is -0.140. The summed E-state index contributed by atoms with van der Waals surface area (Å²) in [5, 5.41) is 9.46. The van der Waals surface area contributed by atoms with Crippen molar-refractivity contribution in [2.75, 3.05) is 13.7 Å². The second-order valence-corrected chi connectivity index (χ2v) is 14.6. The first-order chi connectivity index (χ1) is 12.9. The van der Waals surface area contributed by atoms with E-state index in [0.717, 1.165) is 37.7 Å². The summed E-state index contributed by atoms with van der Waals surface area (Å²) in [6.07, 6.45) is 11.0. The van der Waals surface area contributed by atoms with Crippen molar-refractivity contribution in [3.63, 3.8) is 0 Å². The van der Waals surface area contributed by atoms with Crippen LogP contribution in [0.25, 0.3) is 0 Å². The normalized spacial score (nSPS) is 27.9. The number of amides is 1. The van der Waals surface area contributed by atoms with Crippen molar-refractivity contribution in [2.24, 2.45) is 5.92 Å². The van der Waals surface area contributed by atoms with Crippen LogP contribution in [0.5, 0.6) is 0 Å². The van der Waals surface area contributed by atoms with E-state index >= 15 is 0 Å². The van der Waals surface area contributed by atoms with E-state index in [1.807, 2.05) is 24.9 Å². The Balaban J connectivity index is 3.24. The minimum atomic E-state index is -2.05. The minimum Gasteiger partial charge on any atom is -0.405 e. The number of rotatable bonds is 4. The standard InChI is InChI=1S/C23H43NO3Si/c1-18-14-12-10-9-11-13-15-20(27-28(7,8)23(3,4)5)22(26)24(6)21(18)19(2)16-17-25/h12,14,16,18,20-21,25H,9-11,13,15,17H2,1-8H3/b14-12-,19-16+. The molecule has 0 aromatic heterocycles. The van der Waals surface area contributed by atoms with Crippen LogP contribution in [0.2, 0.25) is 18.1 Å². The van der Waals surface area contributed by atoms with Crippen LogP contribution in [-0.2, 0) is 9.22 Å². The third-order valence-corrected chi connectivity index (χ3v) is 10.9. The Bertz CT molecular complexity index is 563. The van der Waals surface area contributed by atoms with Gasteiger partial charge in [0.25, 0.3) is 5.91 Å². The number of carbonyl (C=O) groups excluding carboxylic acids is 1. The molecule has 1 aliphatic heterocycles. The average molecular weight is 410 g/mol. The van der Waals surface area contributed by atoms with Crippen LogP contribution < -0.4 is 0 Å². The molecule has 0 spiro atoms. The molecule has 4 nitrogen and oxygen atoms in total. The first-order valence-electron chi connectivity index (χ1n) is 10.8. The number of nitrogens with zero attached hydrogens (tertiary/aromatic N) is 1. The van der Waals surface area contributed by atoms with Crippen molar-refractivity contribution in [1.82, 2.24) is 4.90 Å². The molecule has 0 aromatic rings. The van der Waals surface area contributed by atoms with Crippen molar-refractivity contribution >= 4 is 14.2 Å². The molecule has 5 heteroatoms. The van der Waals surface area contributed by atoms with Crippen LogP contribution in [0.15, 0.2) is 23.8 Å². The van der Waals surface area contributed by atoms with Crippen LogP contribution >= 0.6 is 0 Å². The van der Waals surface area contributed by atoms with E-state index < -0.39 is 8.32 Å². The molecule has 0 saturated heterocycles. The smallest absolute Gasteiger partial charge is 0.250 e. The molecule has 0 saturated carbocycles. The summed E-state index contributed by atoms with van der Waals surface area (Å²) >= 11 is 0. The molecule has 162 valence electrons. The van der Waals surface area contributed by atoms with E-state index in [-0.39, 0.29) is 35.6 Å².